The van der Waals surface area contributed by atoms with E-state index in [2.05, 4.69) is 24.4 Å². The van der Waals surface area contributed by atoms with E-state index < -0.39 is 0 Å². The summed E-state index contributed by atoms with van der Waals surface area (Å²) in [5.41, 5.74) is 0. The SMILES string of the molecule is C#CNC(=O)C(CC/C=C\C)CCCCC. The second kappa shape index (κ2) is 10.3. The fourth-order valence-electron chi connectivity index (χ4n) is 1.68. The number of rotatable bonds is 8. The molecule has 2 heteroatoms. The van der Waals surface area contributed by atoms with Crippen molar-refractivity contribution < 1.29 is 4.79 Å². The highest BCUT2D eigenvalue weighted by Crippen LogP contribution is 2.16. The number of terminal acetylenes is 1. The van der Waals surface area contributed by atoms with Crippen molar-refractivity contribution in [2.24, 2.45) is 5.92 Å². The van der Waals surface area contributed by atoms with Crippen LogP contribution in [0.1, 0.15) is 52.4 Å². The fourth-order valence-corrected chi connectivity index (χ4v) is 1.68. The number of hydrogen-bond donors (Lipinski definition) is 1. The summed E-state index contributed by atoms with van der Waals surface area (Å²) in [7, 11) is 0. The van der Waals surface area contributed by atoms with Gasteiger partial charge in [-0.05, 0) is 26.2 Å². The summed E-state index contributed by atoms with van der Waals surface area (Å²) >= 11 is 0. The van der Waals surface area contributed by atoms with Gasteiger partial charge in [0.1, 0.15) is 0 Å². The zero-order valence-corrected chi connectivity index (χ0v) is 10.5. The van der Waals surface area contributed by atoms with Gasteiger partial charge in [0.25, 0.3) is 0 Å². The maximum Gasteiger partial charge on any atom is 0.234 e. The predicted molar refractivity (Wildman–Crippen MR) is 68.7 cm³/mol. The van der Waals surface area contributed by atoms with E-state index in [0.717, 1.165) is 25.7 Å². The standard InChI is InChI=1S/C14H23NO/c1-4-7-9-11-13(12-10-8-5-2)14(16)15-6-3/h3-4,7,13H,5,8-12H2,1-2H3,(H,15,16)/b7-4-. The monoisotopic (exact) mass is 221 g/mol. The van der Waals surface area contributed by atoms with Crippen LogP contribution in [0.2, 0.25) is 0 Å². The van der Waals surface area contributed by atoms with Gasteiger partial charge in [-0.15, -0.1) is 0 Å². The highest BCUT2D eigenvalue weighted by molar-refractivity contribution is 5.80. The van der Waals surface area contributed by atoms with Gasteiger partial charge < -0.3 is 0 Å². The first-order valence-electron chi connectivity index (χ1n) is 6.12. The molecular weight excluding hydrogens is 198 g/mol. The Morgan fingerprint density at radius 3 is 2.75 bits per heavy atom. The molecule has 1 atom stereocenters. The van der Waals surface area contributed by atoms with E-state index in [1.54, 1.807) is 0 Å². The van der Waals surface area contributed by atoms with Gasteiger partial charge in [0.05, 0.1) is 0 Å². The van der Waals surface area contributed by atoms with Crippen molar-refractivity contribution in [3.8, 4) is 12.5 Å². The minimum atomic E-state index is 0.00288. The Bertz CT molecular complexity index is 250. The molecule has 0 aliphatic heterocycles. The maximum atomic E-state index is 11.7. The molecule has 0 saturated carbocycles. The van der Waals surface area contributed by atoms with E-state index in [4.69, 9.17) is 6.42 Å². The van der Waals surface area contributed by atoms with E-state index in [9.17, 15) is 4.79 Å². The van der Waals surface area contributed by atoms with Crippen LogP contribution in [0.4, 0.5) is 0 Å². The van der Waals surface area contributed by atoms with Crippen molar-refractivity contribution in [1.29, 1.82) is 0 Å². The minimum absolute atomic E-state index is 0.00288. The molecule has 0 aliphatic rings. The average Bonchev–Trinajstić information content (AvgIpc) is 2.28. The van der Waals surface area contributed by atoms with Crippen LogP contribution in [0, 0.1) is 18.4 Å². The summed E-state index contributed by atoms with van der Waals surface area (Å²) in [5, 5.41) is 2.46. The molecule has 1 N–H and O–H groups in total. The molecule has 0 rings (SSSR count). The van der Waals surface area contributed by atoms with Gasteiger partial charge in [0.15, 0.2) is 0 Å². The molecule has 1 unspecified atom stereocenters. The summed E-state index contributed by atoms with van der Waals surface area (Å²) < 4.78 is 0. The fraction of sp³-hybridized carbons (Fsp3) is 0.643. The van der Waals surface area contributed by atoms with Crippen molar-refractivity contribution >= 4 is 5.91 Å². The number of amides is 1. The van der Waals surface area contributed by atoms with Crippen molar-refractivity contribution in [1.82, 2.24) is 5.32 Å². The third-order valence-electron chi connectivity index (χ3n) is 2.64. The Balaban J connectivity index is 4.05. The summed E-state index contributed by atoms with van der Waals surface area (Å²) in [5.74, 6) is 0.0712. The van der Waals surface area contributed by atoms with Crippen LogP contribution in [0.15, 0.2) is 12.2 Å². The van der Waals surface area contributed by atoms with Crippen LogP contribution < -0.4 is 5.32 Å². The van der Waals surface area contributed by atoms with Gasteiger partial charge in [-0.2, -0.15) is 0 Å². The quantitative estimate of drug-likeness (QED) is 0.290. The maximum absolute atomic E-state index is 11.7. The molecule has 0 aromatic rings. The molecule has 0 bridgehead atoms. The second-order valence-electron chi connectivity index (χ2n) is 3.97. The van der Waals surface area contributed by atoms with Crippen LogP contribution in [0.5, 0.6) is 0 Å². The lowest BCUT2D eigenvalue weighted by atomic mass is 9.95. The first kappa shape index (κ1) is 14.8. The normalized spacial score (nSPS) is 12.3. The molecule has 0 saturated heterocycles. The third-order valence-corrected chi connectivity index (χ3v) is 2.64. The molecule has 16 heavy (non-hydrogen) atoms. The summed E-state index contributed by atoms with van der Waals surface area (Å²) in [4.78, 5) is 11.7. The van der Waals surface area contributed by atoms with E-state index in [1.165, 1.54) is 12.8 Å². The minimum Gasteiger partial charge on any atom is -0.285 e. The topological polar surface area (TPSA) is 29.1 Å². The zero-order chi connectivity index (χ0) is 12.2. The largest absolute Gasteiger partial charge is 0.285 e. The number of unbranched alkanes of at least 4 members (excludes halogenated alkanes) is 2. The van der Waals surface area contributed by atoms with Gasteiger partial charge >= 0.3 is 0 Å². The smallest absolute Gasteiger partial charge is 0.234 e. The van der Waals surface area contributed by atoms with Gasteiger partial charge in [-0.25, -0.2) is 0 Å². The molecule has 0 aromatic heterocycles. The summed E-state index contributed by atoms with van der Waals surface area (Å²) in [6.07, 6.45) is 15.4. The van der Waals surface area contributed by atoms with Gasteiger partial charge in [-0.3, -0.25) is 10.1 Å². The summed E-state index contributed by atoms with van der Waals surface area (Å²) in [6, 6.07) is 2.21. The van der Waals surface area contributed by atoms with Crippen LogP contribution in [0.25, 0.3) is 0 Å². The number of nitrogens with one attached hydrogen (secondary N) is 1. The number of hydrogen-bond acceptors (Lipinski definition) is 1. The molecule has 0 aliphatic carbocycles. The van der Waals surface area contributed by atoms with Gasteiger partial charge in [0, 0.05) is 12.0 Å². The van der Waals surface area contributed by atoms with Crippen LogP contribution >= 0.6 is 0 Å². The lowest BCUT2D eigenvalue weighted by Crippen LogP contribution is -2.26. The summed E-state index contributed by atoms with van der Waals surface area (Å²) in [6.45, 7) is 4.16. The van der Waals surface area contributed by atoms with E-state index in [0.29, 0.717) is 0 Å². The third kappa shape index (κ3) is 7.11. The molecule has 0 spiro atoms. The lowest BCUT2D eigenvalue weighted by molar-refractivity contribution is -0.124. The molecule has 2 nitrogen and oxygen atoms in total. The molecule has 0 heterocycles. The van der Waals surface area contributed by atoms with Crippen molar-refractivity contribution in [3.63, 3.8) is 0 Å². The molecular formula is C14H23NO. The van der Waals surface area contributed by atoms with E-state index in [1.807, 2.05) is 13.0 Å². The van der Waals surface area contributed by atoms with Crippen molar-refractivity contribution in [2.45, 2.75) is 52.4 Å². The molecule has 0 aromatic carbocycles. The second-order valence-corrected chi connectivity index (χ2v) is 3.97. The van der Waals surface area contributed by atoms with Gasteiger partial charge in [-0.1, -0.05) is 44.8 Å². The zero-order valence-electron chi connectivity index (χ0n) is 10.5. The van der Waals surface area contributed by atoms with Crippen LogP contribution in [-0.2, 0) is 4.79 Å². The molecule has 0 fully saturated rings. The molecule has 0 radical (unpaired) electrons. The lowest BCUT2D eigenvalue weighted by Gasteiger charge is -2.13. The highest BCUT2D eigenvalue weighted by atomic mass is 16.1. The number of carbonyl (C=O) groups is 1. The average molecular weight is 221 g/mol. The van der Waals surface area contributed by atoms with Crippen molar-refractivity contribution in [2.75, 3.05) is 0 Å². The van der Waals surface area contributed by atoms with Crippen LogP contribution in [-0.4, -0.2) is 5.91 Å². The Morgan fingerprint density at radius 2 is 2.19 bits per heavy atom. The first-order valence-corrected chi connectivity index (χ1v) is 6.12. The molecule has 1 amide bonds. The van der Waals surface area contributed by atoms with Crippen LogP contribution in [0.3, 0.4) is 0 Å². The predicted octanol–water partition coefficient (Wildman–Crippen LogP) is 3.25. The number of carbonyl (C=O) groups excluding carboxylic acids is 1. The Kier molecular flexibility index (Phi) is 9.50. The highest BCUT2D eigenvalue weighted by Gasteiger charge is 2.16. The van der Waals surface area contributed by atoms with Gasteiger partial charge in [0.2, 0.25) is 5.91 Å². The Morgan fingerprint density at radius 1 is 1.44 bits per heavy atom. The Labute approximate surface area is 99.5 Å². The Hall–Kier alpha value is -1.23. The first-order chi connectivity index (χ1) is 7.76. The van der Waals surface area contributed by atoms with E-state index in [-0.39, 0.29) is 11.8 Å². The number of allylic oxidation sites excluding steroid dienone is 2. The van der Waals surface area contributed by atoms with Crippen molar-refractivity contribution in [3.05, 3.63) is 12.2 Å². The molecule has 90 valence electrons. The van der Waals surface area contributed by atoms with E-state index >= 15 is 0 Å².